The van der Waals surface area contributed by atoms with Crippen LogP contribution >= 0.6 is 0 Å². The molecule has 1 aliphatic carbocycles. The van der Waals surface area contributed by atoms with Crippen LogP contribution in [0.4, 0.5) is 8.78 Å². The molecule has 2 rings (SSSR count). The van der Waals surface area contributed by atoms with Gasteiger partial charge in [0.15, 0.2) is 0 Å². The smallest absolute Gasteiger partial charge is 0.220 e. The first-order valence-electron chi connectivity index (χ1n) is 7.30. The SMILES string of the molecule is CC(NC(=O)CCC1CCCC1)c1ccc(F)cc1F. The predicted molar refractivity (Wildman–Crippen MR) is 74.1 cm³/mol. The van der Waals surface area contributed by atoms with Gasteiger partial charge < -0.3 is 5.32 Å². The summed E-state index contributed by atoms with van der Waals surface area (Å²) >= 11 is 0. The van der Waals surface area contributed by atoms with Crippen LogP contribution in [0.25, 0.3) is 0 Å². The van der Waals surface area contributed by atoms with E-state index >= 15 is 0 Å². The third-order valence-electron chi connectivity index (χ3n) is 4.06. The molecule has 1 aromatic rings. The van der Waals surface area contributed by atoms with Crippen molar-refractivity contribution in [3.05, 3.63) is 35.4 Å². The molecule has 1 N–H and O–H groups in total. The molecule has 2 nitrogen and oxygen atoms in total. The van der Waals surface area contributed by atoms with E-state index in [4.69, 9.17) is 0 Å². The molecule has 1 aliphatic rings. The maximum absolute atomic E-state index is 13.6. The highest BCUT2D eigenvalue weighted by molar-refractivity contribution is 5.76. The van der Waals surface area contributed by atoms with Gasteiger partial charge in [0.05, 0.1) is 6.04 Å². The summed E-state index contributed by atoms with van der Waals surface area (Å²) in [5.74, 6) is -0.619. The van der Waals surface area contributed by atoms with Crippen molar-refractivity contribution < 1.29 is 13.6 Å². The van der Waals surface area contributed by atoms with E-state index in [0.29, 0.717) is 17.9 Å². The lowest BCUT2D eigenvalue weighted by Gasteiger charge is -2.16. The second-order valence-electron chi connectivity index (χ2n) is 5.64. The monoisotopic (exact) mass is 281 g/mol. The quantitative estimate of drug-likeness (QED) is 0.864. The van der Waals surface area contributed by atoms with Crippen LogP contribution in [0, 0.1) is 17.6 Å². The van der Waals surface area contributed by atoms with Crippen molar-refractivity contribution in [2.24, 2.45) is 5.92 Å². The Bertz CT molecular complexity index is 470. The fraction of sp³-hybridized carbons (Fsp3) is 0.562. The molecule has 0 aromatic heterocycles. The number of rotatable bonds is 5. The average molecular weight is 281 g/mol. The zero-order valence-corrected chi connectivity index (χ0v) is 11.8. The molecular weight excluding hydrogens is 260 g/mol. The Morgan fingerprint density at radius 1 is 1.35 bits per heavy atom. The zero-order valence-electron chi connectivity index (χ0n) is 11.8. The lowest BCUT2D eigenvalue weighted by atomic mass is 10.0. The number of amides is 1. The van der Waals surface area contributed by atoms with E-state index in [-0.39, 0.29) is 5.91 Å². The van der Waals surface area contributed by atoms with Crippen molar-refractivity contribution in [3.63, 3.8) is 0 Å². The van der Waals surface area contributed by atoms with Crippen LogP contribution < -0.4 is 5.32 Å². The summed E-state index contributed by atoms with van der Waals surface area (Å²) in [4.78, 5) is 11.9. The first kappa shape index (κ1) is 14.9. The van der Waals surface area contributed by atoms with Crippen LogP contribution in [0.1, 0.15) is 57.1 Å². The molecule has 1 amide bonds. The minimum atomic E-state index is -0.617. The van der Waals surface area contributed by atoms with Crippen LogP contribution in [0.2, 0.25) is 0 Å². The van der Waals surface area contributed by atoms with Gasteiger partial charge in [-0.1, -0.05) is 31.7 Å². The average Bonchev–Trinajstić information content (AvgIpc) is 2.89. The van der Waals surface area contributed by atoms with E-state index < -0.39 is 17.7 Å². The van der Waals surface area contributed by atoms with Crippen molar-refractivity contribution in [3.8, 4) is 0 Å². The van der Waals surface area contributed by atoms with Gasteiger partial charge in [-0.25, -0.2) is 8.78 Å². The van der Waals surface area contributed by atoms with Crippen LogP contribution in [-0.2, 0) is 4.79 Å². The second-order valence-corrected chi connectivity index (χ2v) is 5.64. The standard InChI is InChI=1S/C16H21F2NO/c1-11(14-8-7-13(17)10-15(14)18)19-16(20)9-6-12-4-2-3-5-12/h7-8,10-12H,2-6,9H2,1H3,(H,19,20). The highest BCUT2D eigenvalue weighted by Crippen LogP contribution is 2.28. The van der Waals surface area contributed by atoms with Gasteiger partial charge in [-0.2, -0.15) is 0 Å². The summed E-state index contributed by atoms with van der Waals surface area (Å²) < 4.78 is 26.4. The van der Waals surface area contributed by atoms with Crippen LogP contribution in [0.15, 0.2) is 18.2 Å². The van der Waals surface area contributed by atoms with Crippen LogP contribution in [0.3, 0.4) is 0 Å². The normalized spacial score (nSPS) is 17.1. The molecular formula is C16H21F2NO. The number of carbonyl (C=O) groups excluding carboxylic acids is 1. The van der Waals surface area contributed by atoms with E-state index in [1.54, 1.807) is 6.92 Å². The summed E-state index contributed by atoms with van der Waals surface area (Å²) in [5.41, 5.74) is 0.320. The minimum absolute atomic E-state index is 0.0619. The van der Waals surface area contributed by atoms with Gasteiger partial charge in [0.1, 0.15) is 11.6 Å². The Balaban J connectivity index is 1.83. The van der Waals surface area contributed by atoms with Gasteiger partial charge in [0, 0.05) is 18.1 Å². The predicted octanol–water partition coefficient (Wildman–Crippen LogP) is 4.11. The minimum Gasteiger partial charge on any atom is -0.349 e. The fourth-order valence-corrected chi connectivity index (χ4v) is 2.88. The third kappa shape index (κ3) is 4.02. The van der Waals surface area contributed by atoms with Crippen LogP contribution in [0.5, 0.6) is 0 Å². The van der Waals surface area contributed by atoms with Gasteiger partial charge in [-0.05, 0) is 25.3 Å². The molecule has 0 spiro atoms. The van der Waals surface area contributed by atoms with E-state index in [1.165, 1.54) is 37.8 Å². The Hall–Kier alpha value is -1.45. The largest absolute Gasteiger partial charge is 0.349 e. The van der Waals surface area contributed by atoms with Crippen molar-refractivity contribution in [1.82, 2.24) is 5.32 Å². The highest BCUT2D eigenvalue weighted by atomic mass is 19.1. The molecule has 1 unspecified atom stereocenters. The van der Waals surface area contributed by atoms with Gasteiger partial charge in [0.25, 0.3) is 0 Å². The Labute approximate surface area is 118 Å². The summed E-state index contributed by atoms with van der Waals surface area (Å²) in [6, 6.07) is 2.99. The Morgan fingerprint density at radius 3 is 2.70 bits per heavy atom. The van der Waals surface area contributed by atoms with E-state index in [2.05, 4.69) is 5.32 Å². The second kappa shape index (κ2) is 6.82. The van der Waals surface area contributed by atoms with Crippen molar-refractivity contribution in [2.75, 3.05) is 0 Å². The fourth-order valence-electron chi connectivity index (χ4n) is 2.88. The number of benzene rings is 1. The molecule has 0 radical (unpaired) electrons. The molecule has 0 bridgehead atoms. The summed E-state index contributed by atoms with van der Waals surface area (Å²) in [6.45, 7) is 1.71. The first-order valence-corrected chi connectivity index (χ1v) is 7.30. The number of halogens is 2. The van der Waals surface area contributed by atoms with Gasteiger partial charge >= 0.3 is 0 Å². The number of carbonyl (C=O) groups is 1. The first-order chi connectivity index (χ1) is 9.56. The Morgan fingerprint density at radius 2 is 2.05 bits per heavy atom. The lowest BCUT2D eigenvalue weighted by Crippen LogP contribution is -2.27. The molecule has 0 aliphatic heterocycles. The third-order valence-corrected chi connectivity index (χ3v) is 4.06. The molecule has 0 saturated heterocycles. The summed E-state index contributed by atoms with van der Waals surface area (Å²) in [5, 5.41) is 2.78. The van der Waals surface area contributed by atoms with E-state index in [0.717, 1.165) is 12.5 Å². The molecule has 20 heavy (non-hydrogen) atoms. The van der Waals surface area contributed by atoms with Crippen molar-refractivity contribution in [1.29, 1.82) is 0 Å². The van der Waals surface area contributed by atoms with Gasteiger partial charge in [0.2, 0.25) is 5.91 Å². The topological polar surface area (TPSA) is 29.1 Å². The van der Waals surface area contributed by atoms with Gasteiger partial charge in [-0.15, -0.1) is 0 Å². The van der Waals surface area contributed by atoms with E-state index in [1.807, 2.05) is 0 Å². The number of hydrogen-bond acceptors (Lipinski definition) is 1. The molecule has 1 aromatic carbocycles. The molecule has 1 fully saturated rings. The van der Waals surface area contributed by atoms with Gasteiger partial charge in [-0.3, -0.25) is 4.79 Å². The summed E-state index contributed by atoms with van der Waals surface area (Å²) in [6.07, 6.45) is 6.36. The zero-order chi connectivity index (χ0) is 14.5. The van der Waals surface area contributed by atoms with Crippen LogP contribution in [-0.4, -0.2) is 5.91 Å². The van der Waals surface area contributed by atoms with E-state index in [9.17, 15) is 13.6 Å². The number of nitrogens with one attached hydrogen (secondary N) is 1. The van der Waals surface area contributed by atoms with Crippen molar-refractivity contribution >= 4 is 5.91 Å². The highest BCUT2D eigenvalue weighted by Gasteiger charge is 2.18. The molecule has 0 heterocycles. The lowest BCUT2D eigenvalue weighted by molar-refractivity contribution is -0.122. The maximum atomic E-state index is 13.6. The molecule has 4 heteroatoms. The maximum Gasteiger partial charge on any atom is 0.220 e. The Kier molecular flexibility index (Phi) is 5.10. The molecule has 1 atom stereocenters. The summed E-state index contributed by atoms with van der Waals surface area (Å²) in [7, 11) is 0. The molecule has 1 saturated carbocycles. The number of hydrogen-bond donors (Lipinski definition) is 1. The molecule has 110 valence electrons. The van der Waals surface area contributed by atoms with Crippen molar-refractivity contribution in [2.45, 2.75) is 51.5 Å².